The zero-order valence-corrected chi connectivity index (χ0v) is 14.1. The number of rotatable bonds is 4. The number of likely N-dealkylation sites (tertiary alicyclic amines) is 2. The van der Waals surface area contributed by atoms with Gasteiger partial charge in [0, 0.05) is 32.0 Å². The maximum absolute atomic E-state index is 13.0. The van der Waals surface area contributed by atoms with Gasteiger partial charge in [-0.05, 0) is 50.1 Å². The van der Waals surface area contributed by atoms with Crippen molar-refractivity contribution in [2.45, 2.75) is 32.9 Å². The molecule has 0 aromatic carbocycles. The van der Waals surface area contributed by atoms with Crippen LogP contribution < -0.4 is 0 Å². The van der Waals surface area contributed by atoms with Crippen molar-refractivity contribution in [3.8, 4) is 0 Å². The summed E-state index contributed by atoms with van der Waals surface area (Å²) in [7, 11) is 0. The second-order valence-electron chi connectivity index (χ2n) is 7.09. The lowest BCUT2D eigenvalue weighted by Gasteiger charge is -2.23. The lowest BCUT2D eigenvalue weighted by molar-refractivity contribution is -0.136. The molecular formula is C19H23N3O2. The van der Waals surface area contributed by atoms with Crippen molar-refractivity contribution < 1.29 is 9.21 Å². The van der Waals surface area contributed by atoms with E-state index in [4.69, 9.17) is 4.42 Å². The largest absolute Gasteiger partial charge is 0.465 e. The Balaban J connectivity index is 1.40. The maximum Gasteiger partial charge on any atom is 0.230 e. The lowest BCUT2D eigenvalue weighted by atomic mass is 9.85. The summed E-state index contributed by atoms with van der Waals surface area (Å²) in [6.45, 7) is 6.09. The van der Waals surface area contributed by atoms with Crippen LogP contribution in [0.1, 0.15) is 29.9 Å². The van der Waals surface area contributed by atoms with Crippen molar-refractivity contribution in [1.29, 1.82) is 0 Å². The number of carbonyl (C=O) groups is 1. The first-order chi connectivity index (χ1) is 11.6. The fourth-order valence-corrected chi connectivity index (χ4v) is 4.02. The minimum absolute atomic E-state index is 0.191. The van der Waals surface area contributed by atoms with Crippen LogP contribution in [0.2, 0.25) is 0 Å². The van der Waals surface area contributed by atoms with E-state index in [2.05, 4.69) is 9.88 Å². The van der Waals surface area contributed by atoms with Crippen LogP contribution in [0.5, 0.6) is 0 Å². The second kappa shape index (κ2) is 6.06. The molecular weight excluding hydrogens is 302 g/mol. The number of hydrogen-bond acceptors (Lipinski definition) is 4. The molecule has 2 aliphatic rings. The van der Waals surface area contributed by atoms with Gasteiger partial charge in [0.1, 0.15) is 11.5 Å². The summed E-state index contributed by atoms with van der Waals surface area (Å²) in [6.07, 6.45) is 5.52. The molecule has 5 nitrogen and oxygen atoms in total. The minimum atomic E-state index is -0.191. The quantitative estimate of drug-likeness (QED) is 0.867. The highest BCUT2D eigenvalue weighted by Gasteiger charge is 2.50. The van der Waals surface area contributed by atoms with Crippen molar-refractivity contribution in [3.05, 3.63) is 53.7 Å². The lowest BCUT2D eigenvalue weighted by Crippen LogP contribution is -2.36. The molecule has 0 unspecified atom stereocenters. The fraction of sp³-hybridized carbons (Fsp3) is 0.474. The van der Waals surface area contributed by atoms with Crippen LogP contribution in [0, 0.1) is 12.3 Å². The van der Waals surface area contributed by atoms with Crippen LogP contribution in [-0.2, 0) is 17.9 Å². The summed E-state index contributed by atoms with van der Waals surface area (Å²) >= 11 is 0. The molecule has 126 valence electrons. The third-order valence-corrected chi connectivity index (χ3v) is 5.31. The van der Waals surface area contributed by atoms with Gasteiger partial charge in [-0.2, -0.15) is 0 Å². The minimum Gasteiger partial charge on any atom is -0.465 e. The molecule has 1 spiro atoms. The Morgan fingerprint density at radius 2 is 2.08 bits per heavy atom. The molecule has 2 saturated heterocycles. The molecule has 0 radical (unpaired) electrons. The van der Waals surface area contributed by atoms with E-state index in [9.17, 15) is 4.79 Å². The van der Waals surface area contributed by atoms with Gasteiger partial charge in [-0.1, -0.05) is 6.07 Å². The van der Waals surface area contributed by atoms with Gasteiger partial charge >= 0.3 is 0 Å². The van der Waals surface area contributed by atoms with Crippen LogP contribution in [0.3, 0.4) is 0 Å². The van der Waals surface area contributed by atoms with E-state index >= 15 is 0 Å². The summed E-state index contributed by atoms with van der Waals surface area (Å²) in [6, 6.07) is 7.99. The third-order valence-electron chi connectivity index (χ3n) is 5.31. The fourth-order valence-electron chi connectivity index (χ4n) is 4.02. The van der Waals surface area contributed by atoms with Crippen molar-refractivity contribution in [1.82, 2.24) is 14.8 Å². The molecule has 1 atom stereocenters. The van der Waals surface area contributed by atoms with Gasteiger partial charge in [-0.15, -0.1) is 0 Å². The van der Waals surface area contributed by atoms with E-state index in [1.807, 2.05) is 42.3 Å². The summed E-state index contributed by atoms with van der Waals surface area (Å²) in [5.74, 6) is 2.24. The van der Waals surface area contributed by atoms with Crippen LogP contribution in [0.25, 0.3) is 0 Å². The van der Waals surface area contributed by atoms with Crippen molar-refractivity contribution in [3.63, 3.8) is 0 Å². The molecule has 0 bridgehead atoms. The number of furan rings is 1. The van der Waals surface area contributed by atoms with Crippen LogP contribution in [-0.4, -0.2) is 40.3 Å². The summed E-state index contributed by atoms with van der Waals surface area (Å²) < 4.78 is 5.68. The molecule has 0 aliphatic carbocycles. The van der Waals surface area contributed by atoms with Gasteiger partial charge in [0.25, 0.3) is 0 Å². The molecule has 4 heterocycles. The predicted molar refractivity (Wildman–Crippen MR) is 90.0 cm³/mol. The van der Waals surface area contributed by atoms with E-state index in [-0.39, 0.29) is 5.41 Å². The number of aryl methyl sites for hydroxylation is 1. The smallest absolute Gasteiger partial charge is 0.230 e. The number of aromatic nitrogens is 1. The Kier molecular flexibility index (Phi) is 3.88. The van der Waals surface area contributed by atoms with E-state index < -0.39 is 0 Å². The van der Waals surface area contributed by atoms with Gasteiger partial charge < -0.3 is 9.32 Å². The first-order valence-electron chi connectivity index (χ1n) is 8.61. The molecule has 0 N–H and O–H groups in total. The highest BCUT2D eigenvalue weighted by atomic mass is 16.3. The van der Waals surface area contributed by atoms with E-state index in [1.54, 1.807) is 6.20 Å². The van der Waals surface area contributed by atoms with Gasteiger partial charge in [0.05, 0.1) is 12.0 Å². The standard InChI is InChI=1S/C19H23N3O2/c1-15-4-5-17(24-15)13-21-9-6-19(14-21)7-10-22(18(19)23)12-16-3-2-8-20-11-16/h2-5,8,11H,6-7,9-10,12-14H2,1H3/t19-/m1/s1. The molecule has 5 heteroatoms. The third kappa shape index (κ3) is 2.84. The molecule has 2 aromatic rings. The number of carbonyl (C=O) groups excluding carboxylic acids is 1. The molecule has 4 rings (SSSR count). The monoisotopic (exact) mass is 325 g/mol. The molecule has 1 amide bonds. The van der Waals surface area contributed by atoms with Gasteiger partial charge in [-0.3, -0.25) is 14.7 Å². The number of nitrogens with zero attached hydrogens (tertiary/aromatic N) is 3. The van der Waals surface area contributed by atoms with Crippen molar-refractivity contribution >= 4 is 5.91 Å². The molecule has 2 aliphatic heterocycles. The second-order valence-corrected chi connectivity index (χ2v) is 7.09. The van der Waals surface area contributed by atoms with Gasteiger partial charge in [-0.25, -0.2) is 0 Å². The Bertz CT molecular complexity index is 727. The molecule has 0 saturated carbocycles. The Morgan fingerprint density at radius 1 is 1.21 bits per heavy atom. The van der Waals surface area contributed by atoms with Crippen LogP contribution in [0.15, 0.2) is 41.1 Å². The zero-order valence-electron chi connectivity index (χ0n) is 14.1. The first-order valence-corrected chi connectivity index (χ1v) is 8.61. The zero-order chi connectivity index (χ0) is 16.6. The van der Waals surface area contributed by atoms with E-state index in [1.165, 1.54) is 0 Å². The topological polar surface area (TPSA) is 49.6 Å². The highest BCUT2D eigenvalue weighted by Crippen LogP contribution is 2.41. The maximum atomic E-state index is 13.0. The first kappa shape index (κ1) is 15.4. The van der Waals surface area contributed by atoms with Gasteiger partial charge in [0.15, 0.2) is 0 Å². The predicted octanol–water partition coefficient (Wildman–Crippen LogP) is 2.61. The average Bonchev–Trinajstić information content (AvgIpc) is 3.26. The Labute approximate surface area is 142 Å². The van der Waals surface area contributed by atoms with E-state index in [0.717, 1.165) is 56.1 Å². The summed E-state index contributed by atoms with van der Waals surface area (Å²) in [5, 5.41) is 0. The molecule has 2 fully saturated rings. The molecule has 2 aromatic heterocycles. The summed E-state index contributed by atoms with van der Waals surface area (Å²) in [4.78, 5) is 21.5. The number of amides is 1. The van der Waals surface area contributed by atoms with Crippen molar-refractivity contribution in [2.24, 2.45) is 5.41 Å². The Morgan fingerprint density at radius 3 is 2.83 bits per heavy atom. The molecule has 24 heavy (non-hydrogen) atoms. The highest BCUT2D eigenvalue weighted by molar-refractivity contribution is 5.85. The normalized spacial score (nSPS) is 24.4. The number of hydrogen-bond donors (Lipinski definition) is 0. The van der Waals surface area contributed by atoms with Crippen LogP contribution >= 0.6 is 0 Å². The van der Waals surface area contributed by atoms with Crippen molar-refractivity contribution in [2.75, 3.05) is 19.6 Å². The number of pyridine rings is 1. The average molecular weight is 325 g/mol. The summed E-state index contributed by atoms with van der Waals surface area (Å²) in [5.41, 5.74) is 0.910. The van der Waals surface area contributed by atoms with Gasteiger partial charge in [0.2, 0.25) is 5.91 Å². The van der Waals surface area contributed by atoms with Crippen LogP contribution in [0.4, 0.5) is 0 Å². The Hall–Kier alpha value is -2.14. The van der Waals surface area contributed by atoms with E-state index in [0.29, 0.717) is 12.5 Å². The SMILES string of the molecule is Cc1ccc(CN2CC[C@@]3(CCN(Cc4cccnc4)C3=O)C2)o1.